The molecular weight excluding hydrogens is 382 g/mol. The van der Waals surface area contributed by atoms with Gasteiger partial charge in [-0.15, -0.1) is 0 Å². The Balaban J connectivity index is 1.99. The molecule has 132 valence electrons. The first-order valence-electron chi connectivity index (χ1n) is 8.17. The van der Waals surface area contributed by atoms with Crippen LogP contribution in [0.1, 0.15) is 29.1 Å². The van der Waals surface area contributed by atoms with E-state index in [1.54, 1.807) is 27.8 Å². The largest absolute Gasteiger partial charge is 0.497 e. The molecule has 0 aliphatic carbocycles. The van der Waals surface area contributed by atoms with Gasteiger partial charge in [-0.1, -0.05) is 51.1 Å². The fourth-order valence-electron chi connectivity index (χ4n) is 3.41. The highest BCUT2D eigenvalue weighted by Crippen LogP contribution is 2.53. The zero-order chi connectivity index (χ0) is 18.5. The lowest BCUT2D eigenvalue weighted by Crippen LogP contribution is -2.47. The molecule has 0 saturated carbocycles. The predicted octanol–water partition coefficient (Wildman–Crippen LogP) is 6.11. The minimum atomic E-state index is -0.484. The zero-order valence-electron chi connectivity index (χ0n) is 14.6. The van der Waals surface area contributed by atoms with Crippen LogP contribution in [0.2, 0.25) is 0 Å². The number of benzene rings is 2. The molecule has 0 N–H and O–H groups in total. The lowest BCUT2D eigenvalue weighted by Gasteiger charge is -2.43. The predicted molar refractivity (Wildman–Crippen MR) is 111 cm³/mol. The highest BCUT2D eigenvalue weighted by atomic mass is 32.9. The van der Waals surface area contributed by atoms with Gasteiger partial charge in [0.15, 0.2) is 0 Å². The van der Waals surface area contributed by atoms with Gasteiger partial charge in [-0.05, 0) is 44.2 Å². The summed E-state index contributed by atoms with van der Waals surface area (Å²) in [4.78, 5) is 16.4. The molecule has 1 aromatic heterocycles. The van der Waals surface area contributed by atoms with Crippen molar-refractivity contribution < 1.29 is 9.53 Å². The molecule has 0 fully saturated rings. The summed E-state index contributed by atoms with van der Waals surface area (Å²) in [6.07, 6.45) is 0. The zero-order valence-corrected chi connectivity index (χ0v) is 17.1. The molecule has 2 heterocycles. The first-order chi connectivity index (χ1) is 12.4. The molecule has 0 spiro atoms. The molecule has 0 bridgehead atoms. The maximum Gasteiger partial charge on any atom is 0.259 e. The minimum Gasteiger partial charge on any atom is -0.497 e. The first-order valence-corrected chi connectivity index (χ1v) is 10.7. The topological polar surface area (TPSA) is 29.5 Å². The van der Waals surface area contributed by atoms with Crippen LogP contribution in [0.25, 0.3) is 11.1 Å². The van der Waals surface area contributed by atoms with E-state index in [0.717, 1.165) is 31.3 Å². The Morgan fingerprint density at radius 2 is 1.85 bits per heavy atom. The van der Waals surface area contributed by atoms with Crippen molar-refractivity contribution in [2.45, 2.75) is 19.4 Å². The van der Waals surface area contributed by atoms with E-state index in [4.69, 9.17) is 17.0 Å². The van der Waals surface area contributed by atoms with Crippen LogP contribution in [0.3, 0.4) is 0 Å². The van der Waals surface area contributed by atoms with Gasteiger partial charge < -0.3 is 4.74 Å². The lowest BCUT2D eigenvalue weighted by atomic mass is 9.86. The van der Waals surface area contributed by atoms with Crippen LogP contribution in [0.4, 0.5) is 5.69 Å². The van der Waals surface area contributed by atoms with Gasteiger partial charge in [-0.2, -0.15) is 0 Å². The lowest BCUT2D eigenvalue weighted by molar-refractivity contribution is 0.0961. The number of amides is 1. The molecular formula is C20H17NO2S3. The van der Waals surface area contributed by atoms with E-state index >= 15 is 0 Å². The number of ether oxygens (including phenoxy) is 1. The summed E-state index contributed by atoms with van der Waals surface area (Å²) in [7, 11) is 4.89. The van der Waals surface area contributed by atoms with Gasteiger partial charge in [0.05, 0.1) is 23.2 Å². The van der Waals surface area contributed by atoms with Crippen molar-refractivity contribution in [2.75, 3.05) is 12.0 Å². The number of rotatable bonds is 2. The molecule has 0 atom stereocenters. The molecule has 1 amide bonds. The Bertz CT molecular complexity index is 1050. The molecule has 4 rings (SSSR count). The van der Waals surface area contributed by atoms with E-state index in [2.05, 4.69) is 13.8 Å². The van der Waals surface area contributed by atoms with Gasteiger partial charge >= 0.3 is 0 Å². The molecule has 2 aromatic carbocycles. The van der Waals surface area contributed by atoms with Crippen molar-refractivity contribution >= 4 is 44.5 Å². The standard InChI is InChI=1S/C20H17NO2S3/c1-20(2)17-16(19(24)26-25-17)14-11-13(23-3)9-10-15(14)21(20)18(22)12-7-5-4-6-8-12/h4-11H,1-3H3. The minimum absolute atomic E-state index is 0.0167. The van der Waals surface area contributed by atoms with Crippen LogP contribution in [-0.2, 0) is 5.54 Å². The molecule has 3 aromatic rings. The number of fused-ring (bicyclic) bond motifs is 3. The van der Waals surface area contributed by atoms with E-state index in [-0.39, 0.29) is 5.91 Å². The number of carbonyl (C=O) groups excluding carboxylic acids is 1. The smallest absolute Gasteiger partial charge is 0.259 e. The van der Waals surface area contributed by atoms with Crippen LogP contribution in [0.15, 0.2) is 48.5 Å². The second-order valence-corrected chi connectivity index (χ2v) is 9.42. The summed E-state index contributed by atoms with van der Waals surface area (Å²) in [5.74, 6) is 0.740. The molecule has 26 heavy (non-hydrogen) atoms. The summed E-state index contributed by atoms with van der Waals surface area (Å²) < 4.78 is 6.27. The van der Waals surface area contributed by atoms with E-state index in [1.165, 1.54) is 0 Å². The molecule has 0 unspecified atom stereocenters. The molecule has 3 nitrogen and oxygen atoms in total. The van der Waals surface area contributed by atoms with E-state index in [0.29, 0.717) is 5.56 Å². The van der Waals surface area contributed by atoms with Crippen LogP contribution >= 0.6 is 32.9 Å². The number of hydrogen-bond acceptors (Lipinski definition) is 5. The number of methoxy groups -OCH3 is 1. The van der Waals surface area contributed by atoms with Gasteiger partial charge in [-0.3, -0.25) is 9.69 Å². The van der Waals surface area contributed by atoms with E-state index in [9.17, 15) is 4.79 Å². The molecule has 0 radical (unpaired) electrons. The summed E-state index contributed by atoms with van der Waals surface area (Å²) in [6, 6.07) is 15.2. The van der Waals surface area contributed by atoms with Crippen molar-refractivity contribution in [3.63, 3.8) is 0 Å². The average molecular weight is 400 g/mol. The summed E-state index contributed by atoms with van der Waals surface area (Å²) in [6.45, 7) is 4.16. The van der Waals surface area contributed by atoms with Crippen molar-refractivity contribution in [1.82, 2.24) is 0 Å². The monoisotopic (exact) mass is 399 g/mol. The van der Waals surface area contributed by atoms with Gasteiger partial charge in [-0.25, -0.2) is 0 Å². The molecule has 1 aliphatic rings. The third-order valence-corrected chi connectivity index (χ3v) is 8.01. The molecule has 0 saturated heterocycles. The second kappa shape index (κ2) is 6.30. The Labute approximate surface area is 164 Å². The first kappa shape index (κ1) is 17.4. The third kappa shape index (κ3) is 2.52. The Morgan fingerprint density at radius 1 is 1.12 bits per heavy atom. The van der Waals surface area contributed by atoms with Gasteiger partial charge in [0.25, 0.3) is 5.91 Å². The van der Waals surface area contributed by atoms with Crippen LogP contribution in [0, 0.1) is 3.82 Å². The second-order valence-electron chi connectivity index (χ2n) is 6.61. The number of nitrogens with zero attached hydrogens (tertiary/aromatic N) is 1. The third-order valence-electron chi connectivity index (χ3n) is 4.68. The van der Waals surface area contributed by atoms with Gasteiger partial charge in [0.2, 0.25) is 0 Å². The van der Waals surface area contributed by atoms with Crippen molar-refractivity contribution in [1.29, 1.82) is 0 Å². The number of hydrogen-bond donors (Lipinski definition) is 0. The molecule has 6 heteroatoms. The maximum atomic E-state index is 13.4. The van der Waals surface area contributed by atoms with Crippen LogP contribution in [-0.4, -0.2) is 13.0 Å². The normalized spacial score (nSPS) is 14.5. The van der Waals surface area contributed by atoms with Crippen molar-refractivity contribution in [3.8, 4) is 16.9 Å². The summed E-state index contributed by atoms with van der Waals surface area (Å²) in [5, 5.41) is 0. The average Bonchev–Trinajstić information content (AvgIpc) is 3.05. The maximum absolute atomic E-state index is 13.4. The van der Waals surface area contributed by atoms with Gasteiger partial charge in [0.1, 0.15) is 9.57 Å². The highest BCUT2D eigenvalue weighted by Gasteiger charge is 2.43. The van der Waals surface area contributed by atoms with Gasteiger partial charge in [0, 0.05) is 16.7 Å². The van der Waals surface area contributed by atoms with Crippen LogP contribution < -0.4 is 9.64 Å². The fraction of sp³-hybridized carbons (Fsp3) is 0.200. The van der Waals surface area contributed by atoms with Crippen molar-refractivity contribution in [3.05, 3.63) is 62.8 Å². The summed E-state index contributed by atoms with van der Waals surface area (Å²) in [5.41, 5.74) is 3.08. The van der Waals surface area contributed by atoms with E-state index < -0.39 is 5.54 Å². The molecule has 1 aliphatic heterocycles. The number of anilines is 1. The highest BCUT2D eigenvalue weighted by molar-refractivity contribution is 7.80. The SMILES string of the molecule is COc1ccc2c(c1)-c1c(ssc1=S)C(C)(C)N2C(=O)c1ccccc1. The van der Waals surface area contributed by atoms with Crippen LogP contribution in [0.5, 0.6) is 5.75 Å². The summed E-state index contributed by atoms with van der Waals surface area (Å²) >= 11 is 5.61. The fourth-order valence-corrected chi connectivity index (χ4v) is 6.69. The Kier molecular flexibility index (Phi) is 4.22. The number of carbonyl (C=O) groups is 1. The Morgan fingerprint density at radius 3 is 2.54 bits per heavy atom. The van der Waals surface area contributed by atoms with Crippen molar-refractivity contribution in [2.24, 2.45) is 0 Å². The Hall–Kier alpha value is -2.02. The quantitative estimate of drug-likeness (QED) is 0.385. The van der Waals surface area contributed by atoms with E-state index in [1.807, 2.05) is 53.4 Å².